The fraction of sp³-hybridized carbons (Fsp3) is 0.615. The quantitative estimate of drug-likeness (QED) is 0.508. The van der Waals surface area contributed by atoms with Crippen LogP contribution in [0.5, 0.6) is 0 Å². The molecule has 0 aromatic carbocycles. The first kappa shape index (κ1) is 23.0. The van der Waals surface area contributed by atoms with E-state index < -0.39 is 57.6 Å². The molecule has 5 rings (SSSR count). The standard InChI is InChI=1S/C26H30O8/c1-23(2)16(9-18(27)28)25(4)15-5-7-24(3)17(26(15,32)11-14(20(23)30)21(25)31)10-19(29)34-22(24)13-6-8-33-12-13/h6,8,10,12,14-16,22,32H,5,7,9,11H2,1-4H3,(H,27,28). The molecule has 2 bridgehead atoms. The first-order chi connectivity index (χ1) is 15.8. The number of hydrogen-bond acceptors (Lipinski definition) is 7. The summed E-state index contributed by atoms with van der Waals surface area (Å²) in [5.41, 5.74) is -3.53. The number of fused-ring (bicyclic) bond motifs is 6. The van der Waals surface area contributed by atoms with Crippen LogP contribution in [-0.2, 0) is 23.9 Å². The third-order valence-electron chi connectivity index (χ3n) is 9.54. The van der Waals surface area contributed by atoms with Crippen molar-refractivity contribution in [3.63, 3.8) is 0 Å². The lowest BCUT2D eigenvalue weighted by Gasteiger charge is -2.66. The van der Waals surface area contributed by atoms with Crippen LogP contribution in [0.25, 0.3) is 0 Å². The first-order valence-corrected chi connectivity index (χ1v) is 11.8. The number of cyclic esters (lactones) is 1. The molecule has 34 heavy (non-hydrogen) atoms. The van der Waals surface area contributed by atoms with Gasteiger partial charge in [0.15, 0.2) is 0 Å². The number of carboxylic acids is 1. The van der Waals surface area contributed by atoms with Crippen molar-refractivity contribution in [1.82, 2.24) is 0 Å². The Labute approximate surface area is 197 Å². The Morgan fingerprint density at radius 2 is 1.85 bits per heavy atom. The zero-order valence-corrected chi connectivity index (χ0v) is 19.8. The molecule has 0 spiro atoms. The number of carboxylic acid groups (broad SMARTS) is 1. The van der Waals surface area contributed by atoms with Crippen molar-refractivity contribution in [2.75, 3.05) is 0 Å². The van der Waals surface area contributed by atoms with Crippen LogP contribution >= 0.6 is 0 Å². The molecule has 2 N–H and O–H groups in total. The number of esters is 1. The molecule has 2 heterocycles. The van der Waals surface area contributed by atoms with Crippen molar-refractivity contribution in [3.05, 3.63) is 35.8 Å². The monoisotopic (exact) mass is 470 g/mol. The first-order valence-electron chi connectivity index (χ1n) is 11.8. The van der Waals surface area contributed by atoms with Gasteiger partial charge in [-0.2, -0.15) is 0 Å². The third kappa shape index (κ3) is 2.69. The number of ketones is 2. The van der Waals surface area contributed by atoms with E-state index in [2.05, 4.69) is 0 Å². The SMILES string of the molecule is CC1(C)C(=O)C2CC3(O)C4=CC(=O)OC(c5ccoc5)C4(C)CCC3C(C)(C2=O)C1CC(=O)O. The summed E-state index contributed by atoms with van der Waals surface area (Å²) < 4.78 is 10.9. The summed E-state index contributed by atoms with van der Waals surface area (Å²) >= 11 is 0. The summed E-state index contributed by atoms with van der Waals surface area (Å²) in [7, 11) is 0. The minimum Gasteiger partial charge on any atom is -0.481 e. The Morgan fingerprint density at radius 3 is 2.47 bits per heavy atom. The van der Waals surface area contributed by atoms with Gasteiger partial charge in [-0.1, -0.05) is 27.7 Å². The minimum absolute atomic E-state index is 0.110. The fourth-order valence-corrected chi connectivity index (χ4v) is 7.96. The second-order valence-electron chi connectivity index (χ2n) is 11.5. The number of Topliss-reactive ketones (excluding diaryl/α,β-unsaturated/α-hetero) is 2. The van der Waals surface area contributed by atoms with Crippen LogP contribution in [0.1, 0.15) is 65.0 Å². The van der Waals surface area contributed by atoms with Gasteiger partial charge in [-0.05, 0) is 36.8 Å². The predicted octanol–water partition coefficient (Wildman–Crippen LogP) is 3.25. The maximum absolute atomic E-state index is 13.7. The molecule has 1 aliphatic heterocycles. The van der Waals surface area contributed by atoms with Crippen LogP contribution < -0.4 is 0 Å². The fourth-order valence-electron chi connectivity index (χ4n) is 7.96. The van der Waals surface area contributed by atoms with Crippen LogP contribution in [-0.4, -0.2) is 39.3 Å². The molecular weight excluding hydrogens is 440 g/mol. The summed E-state index contributed by atoms with van der Waals surface area (Å²) in [4.78, 5) is 51.8. The Hall–Kier alpha value is -2.74. The van der Waals surface area contributed by atoms with Gasteiger partial charge in [0, 0.05) is 33.8 Å². The summed E-state index contributed by atoms with van der Waals surface area (Å²) in [5, 5.41) is 22.0. The summed E-state index contributed by atoms with van der Waals surface area (Å²) in [6, 6.07) is 1.72. The second-order valence-corrected chi connectivity index (χ2v) is 11.5. The molecule has 0 amide bonds. The lowest BCUT2D eigenvalue weighted by molar-refractivity contribution is -0.206. The van der Waals surface area contributed by atoms with Crippen molar-refractivity contribution in [2.45, 2.75) is 65.1 Å². The molecule has 3 aliphatic carbocycles. The summed E-state index contributed by atoms with van der Waals surface area (Å²) in [5.74, 6) is -4.79. The van der Waals surface area contributed by atoms with Crippen LogP contribution in [0.15, 0.2) is 34.7 Å². The van der Waals surface area contributed by atoms with Gasteiger partial charge in [0.2, 0.25) is 0 Å². The van der Waals surface area contributed by atoms with Gasteiger partial charge in [-0.15, -0.1) is 0 Å². The molecule has 7 atom stereocenters. The van der Waals surface area contributed by atoms with Crippen molar-refractivity contribution >= 4 is 23.5 Å². The van der Waals surface area contributed by atoms with E-state index in [0.717, 1.165) is 0 Å². The average molecular weight is 471 g/mol. The Balaban J connectivity index is 1.69. The van der Waals surface area contributed by atoms with E-state index >= 15 is 0 Å². The molecule has 8 heteroatoms. The van der Waals surface area contributed by atoms with Gasteiger partial charge in [-0.25, -0.2) is 4.79 Å². The highest BCUT2D eigenvalue weighted by Gasteiger charge is 2.73. The van der Waals surface area contributed by atoms with Crippen LogP contribution in [0, 0.1) is 34.0 Å². The Bertz CT molecular complexity index is 1130. The van der Waals surface area contributed by atoms with E-state index in [0.29, 0.717) is 24.0 Å². The van der Waals surface area contributed by atoms with Gasteiger partial charge >= 0.3 is 11.9 Å². The lowest BCUT2D eigenvalue weighted by atomic mass is 9.37. The molecular formula is C26H30O8. The second kappa shape index (κ2) is 6.90. The number of carbonyl (C=O) groups is 4. The zero-order valence-electron chi connectivity index (χ0n) is 19.8. The molecule has 7 unspecified atom stereocenters. The summed E-state index contributed by atoms with van der Waals surface area (Å²) in [6.45, 7) is 7.07. The largest absolute Gasteiger partial charge is 0.481 e. The molecule has 0 radical (unpaired) electrons. The van der Waals surface area contributed by atoms with Gasteiger partial charge in [-0.3, -0.25) is 14.4 Å². The van der Waals surface area contributed by atoms with Crippen molar-refractivity contribution in [1.29, 1.82) is 0 Å². The van der Waals surface area contributed by atoms with Crippen LogP contribution in [0.3, 0.4) is 0 Å². The number of carbonyl (C=O) groups excluding carboxylic acids is 3. The van der Waals surface area contributed by atoms with Gasteiger partial charge in [0.1, 0.15) is 17.7 Å². The normalized spacial score (nSPS) is 42.9. The molecule has 0 saturated heterocycles. The van der Waals surface area contributed by atoms with Crippen molar-refractivity contribution < 1.29 is 38.5 Å². The van der Waals surface area contributed by atoms with E-state index in [1.54, 1.807) is 26.8 Å². The number of ether oxygens (including phenoxy) is 1. The number of rotatable bonds is 3. The number of furan rings is 1. The highest BCUT2D eigenvalue weighted by Crippen LogP contribution is 2.69. The number of aliphatic hydroxyl groups is 1. The van der Waals surface area contributed by atoms with Gasteiger partial charge in [0.05, 0.1) is 30.5 Å². The molecule has 1 aromatic heterocycles. The van der Waals surface area contributed by atoms with E-state index in [1.165, 1.54) is 18.6 Å². The van der Waals surface area contributed by atoms with E-state index in [-0.39, 0.29) is 24.4 Å². The van der Waals surface area contributed by atoms with Crippen LogP contribution in [0.4, 0.5) is 0 Å². The Kier molecular flexibility index (Phi) is 4.67. The smallest absolute Gasteiger partial charge is 0.331 e. The number of hydrogen-bond donors (Lipinski definition) is 2. The molecule has 4 aliphatic rings. The minimum atomic E-state index is -1.62. The molecule has 182 valence electrons. The molecule has 8 nitrogen and oxygen atoms in total. The molecule has 3 saturated carbocycles. The van der Waals surface area contributed by atoms with Crippen molar-refractivity contribution in [2.24, 2.45) is 34.0 Å². The zero-order chi connectivity index (χ0) is 24.8. The van der Waals surface area contributed by atoms with Gasteiger partial charge in [0.25, 0.3) is 0 Å². The highest BCUT2D eigenvalue weighted by atomic mass is 16.5. The summed E-state index contributed by atoms with van der Waals surface area (Å²) in [6.07, 6.45) is 4.11. The van der Waals surface area contributed by atoms with Crippen molar-refractivity contribution in [3.8, 4) is 0 Å². The lowest BCUT2D eigenvalue weighted by Crippen LogP contribution is -2.72. The number of aliphatic carboxylic acids is 1. The van der Waals surface area contributed by atoms with E-state index in [1.807, 2.05) is 6.92 Å². The van der Waals surface area contributed by atoms with E-state index in [4.69, 9.17) is 9.15 Å². The van der Waals surface area contributed by atoms with Crippen LogP contribution in [0.2, 0.25) is 0 Å². The predicted molar refractivity (Wildman–Crippen MR) is 117 cm³/mol. The van der Waals surface area contributed by atoms with Gasteiger partial charge < -0.3 is 19.4 Å². The van der Waals surface area contributed by atoms with E-state index in [9.17, 15) is 29.4 Å². The average Bonchev–Trinajstić information content (AvgIpc) is 3.28. The highest BCUT2D eigenvalue weighted by molar-refractivity contribution is 6.11. The topological polar surface area (TPSA) is 131 Å². The maximum atomic E-state index is 13.7. The molecule has 3 fully saturated rings. The Morgan fingerprint density at radius 1 is 1.15 bits per heavy atom. The molecule has 1 aromatic rings. The third-order valence-corrected chi connectivity index (χ3v) is 9.54. The maximum Gasteiger partial charge on any atom is 0.331 e.